The highest BCUT2D eigenvalue weighted by Crippen LogP contribution is 2.18. The molecule has 0 N–H and O–H groups in total. The molecule has 0 saturated carbocycles. The smallest absolute Gasteiger partial charge is 0.143 e. The Labute approximate surface area is 70.2 Å². The second-order valence-electron chi connectivity index (χ2n) is 2.59. The van der Waals surface area contributed by atoms with E-state index in [2.05, 4.69) is 21.7 Å². The average Bonchev–Trinajstić information content (AvgIpc) is 2.47. The molecule has 2 heterocycles. The fourth-order valence-electron chi connectivity index (χ4n) is 1.32. The molecule has 2 rings (SSSR count). The lowest BCUT2D eigenvalue weighted by Crippen LogP contribution is -2.13. The van der Waals surface area contributed by atoms with Crippen molar-refractivity contribution in [3.05, 3.63) is 11.6 Å². The van der Waals surface area contributed by atoms with E-state index in [1.807, 2.05) is 11.8 Å². The van der Waals surface area contributed by atoms with Crippen molar-refractivity contribution >= 4 is 11.8 Å². The molecule has 0 aromatic carbocycles. The summed E-state index contributed by atoms with van der Waals surface area (Å²) in [6.07, 6.45) is 0.998. The Morgan fingerprint density at radius 3 is 3.27 bits per heavy atom. The maximum Gasteiger partial charge on any atom is 0.143 e. The minimum Gasteiger partial charge on any atom is -0.313 e. The molecule has 0 spiro atoms. The van der Waals surface area contributed by atoms with Gasteiger partial charge in [0.15, 0.2) is 0 Å². The Hall–Kier alpha value is -0.510. The number of fused-ring (bicyclic) bond motifs is 1. The fourth-order valence-corrected chi connectivity index (χ4v) is 2.17. The van der Waals surface area contributed by atoms with Crippen LogP contribution in [0.4, 0.5) is 0 Å². The molecule has 0 bridgehead atoms. The van der Waals surface area contributed by atoms with E-state index in [-0.39, 0.29) is 0 Å². The van der Waals surface area contributed by atoms with Gasteiger partial charge in [0, 0.05) is 18.7 Å². The minimum absolute atomic E-state index is 0.998. The van der Waals surface area contributed by atoms with Crippen LogP contribution in [0.25, 0.3) is 0 Å². The molecule has 1 aliphatic rings. The molecule has 60 valence electrons. The summed E-state index contributed by atoms with van der Waals surface area (Å²) in [6.45, 7) is 3.22. The van der Waals surface area contributed by atoms with E-state index in [0.717, 1.165) is 30.4 Å². The zero-order valence-electron chi connectivity index (χ0n) is 6.58. The zero-order valence-corrected chi connectivity index (χ0v) is 7.39. The molecule has 1 aromatic rings. The third-order valence-electron chi connectivity index (χ3n) is 1.91. The van der Waals surface area contributed by atoms with Gasteiger partial charge in [-0.25, -0.2) is 0 Å². The summed E-state index contributed by atoms with van der Waals surface area (Å²) >= 11 is 1.94. The van der Waals surface area contributed by atoms with Crippen molar-refractivity contribution in [3.63, 3.8) is 0 Å². The predicted molar refractivity (Wildman–Crippen MR) is 45.6 cm³/mol. The van der Waals surface area contributed by atoms with Crippen LogP contribution < -0.4 is 0 Å². The topological polar surface area (TPSA) is 30.7 Å². The van der Waals surface area contributed by atoms with Crippen LogP contribution in [0.15, 0.2) is 0 Å². The predicted octanol–water partition coefficient (Wildman–Crippen LogP) is 1.09. The molecule has 0 amide bonds. The maximum atomic E-state index is 4.12. The molecule has 11 heavy (non-hydrogen) atoms. The van der Waals surface area contributed by atoms with Gasteiger partial charge in [0.05, 0.1) is 5.75 Å². The quantitative estimate of drug-likeness (QED) is 0.630. The van der Waals surface area contributed by atoms with Gasteiger partial charge >= 0.3 is 0 Å². The molecule has 3 nitrogen and oxygen atoms in total. The first-order valence-electron chi connectivity index (χ1n) is 3.90. The number of aromatic nitrogens is 3. The molecule has 0 aliphatic carbocycles. The third kappa shape index (κ3) is 1.15. The Morgan fingerprint density at radius 2 is 2.45 bits per heavy atom. The summed E-state index contributed by atoms with van der Waals surface area (Å²) < 4.78 is 2.25. The van der Waals surface area contributed by atoms with Gasteiger partial charge in [-0.3, -0.25) is 0 Å². The summed E-state index contributed by atoms with van der Waals surface area (Å²) in [5.74, 6) is 4.53. The van der Waals surface area contributed by atoms with Gasteiger partial charge in [-0.1, -0.05) is 6.92 Å². The van der Waals surface area contributed by atoms with Crippen molar-refractivity contribution in [2.24, 2.45) is 0 Å². The van der Waals surface area contributed by atoms with Crippen LogP contribution in [0, 0.1) is 0 Å². The average molecular weight is 169 g/mol. The minimum atomic E-state index is 0.998. The maximum absolute atomic E-state index is 4.12. The highest BCUT2D eigenvalue weighted by molar-refractivity contribution is 7.98. The first-order chi connectivity index (χ1) is 5.42. The molecule has 0 unspecified atom stereocenters. The van der Waals surface area contributed by atoms with E-state index in [4.69, 9.17) is 0 Å². The second-order valence-corrected chi connectivity index (χ2v) is 3.70. The third-order valence-corrected chi connectivity index (χ3v) is 2.84. The van der Waals surface area contributed by atoms with Gasteiger partial charge in [0.2, 0.25) is 0 Å². The highest BCUT2D eigenvalue weighted by Gasteiger charge is 2.13. The number of aryl methyl sites for hydroxylation is 1. The number of hydrogen-bond acceptors (Lipinski definition) is 3. The largest absolute Gasteiger partial charge is 0.313 e. The summed E-state index contributed by atoms with van der Waals surface area (Å²) in [4.78, 5) is 0. The van der Waals surface area contributed by atoms with E-state index in [1.54, 1.807) is 0 Å². The molecule has 0 fully saturated rings. The van der Waals surface area contributed by atoms with Crippen molar-refractivity contribution in [2.75, 3.05) is 5.75 Å². The van der Waals surface area contributed by atoms with Crippen LogP contribution in [0.1, 0.15) is 18.6 Å². The van der Waals surface area contributed by atoms with E-state index in [1.165, 1.54) is 5.75 Å². The van der Waals surface area contributed by atoms with Crippen molar-refractivity contribution in [1.82, 2.24) is 14.8 Å². The van der Waals surface area contributed by atoms with Gasteiger partial charge in [-0.15, -0.1) is 10.2 Å². The summed E-state index contributed by atoms with van der Waals surface area (Å²) in [5.41, 5.74) is 0. The molecule has 0 atom stereocenters. The lowest BCUT2D eigenvalue weighted by Gasteiger charge is -2.13. The van der Waals surface area contributed by atoms with Crippen LogP contribution in [-0.2, 0) is 18.7 Å². The molecular formula is C7H11N3S. The number of thioether (sulfide) groups is 1. The number of hydrogen-bond donors (Lipinski definition) is 0. The monoisotopic (exact) mass is 169 g/mol. The molecular weight excluding hydrogens is 158 g/mol. The van der Waals surface area contributed by atoms with E-state index < -0.39 is 0 Å². The van der Waals surface area contributed by atoms with E-state index >= 15 is 0 Å². The van der Waals surface area contributed by atoms with Gasteiger partial charge in [-0.2, -0.15) is 11.8 Å². The first-order valence-corrected chi connectivity index (χ1v) is 5.06. The van der Waals surface area contributed by atoms with Gasteiger partial charge in [0.1, 0.15) is 11.6 Å². The van der Waals surface area contributed by atoms with Crippen LogP contribution in [-0.4, -0.2) is 20.5 Å². The molecule has 4 heteroatoms. The molecule has 0 radical (unpaired) electrons. The van der Waals surface area contributed by atoms with Gasteiger partial charge in [0.25, 0.3) is 0 Å². The lowest BCUT2D eigenvalue weighted by molar-refractivity contribution is 0.677. The standard InChI is InChI=1S/C7H11N3S/c1-2-6-8-9-7-5-11-4-3-10(6)7/h2-5H2,1H3. The van der Waals surface area contributed by atoms with Crippen molar-refractivity contribution in [3.8, 4) is 0 Å². The Morgan fingerprint density at radius 1 is 1.55 bits per heavy atom. The Balaban J connectivity index is 2.38. The molecule has 1 aliphatic heterocycles. The van der Waals surface area contributed by atoms with Crippen LogP contribution >= 0.6 is 11.8 Å². The van der Waals surface area contributed by atoms with Crippen LogP contribution in [0.5, 0.6) is 0 Å². The van der Waals surface area contributed by atoms with Gasteiger partial charge in [-0.05, 0) is 0 Å². The van der Waals surface area contributed by atoms with Crippen LogP contribution in [0.3, 0.4) is 0 Å². The van der Waals surface area contributed by atoms with Crippen molar-refractivity contribution < 1.29 is 0 Å². The second kappa shape index (κ2) is 2.85. The highest BCUT2D eigenvalue weighted by atomic mass is 32.2. The zero-order chi connectivity index (χ0) is 7.68. The van der Waals surface area contributed by atoms with Gasteiger partial charge < -0.3 is 4.57 Å². The summed E-state index contributed by atoms with van der Waals surface area (Å²) in [7, 11) is 0. The fraction of sp³-hybridized carbons (Fsp3) is 0.714. The Kier molecular flexibility index (Phi) is 1.85. The van der Waals surface area contributed by atoms with Crippen molar-refractivity contribution in [1.29, 1.82) is 0 Å². The van der Waals surface area contributed by atoms with Crippen LogP contribution in [0.2, 0.25) is 0 Å². The normalized spacial score (nSPS) is 16.5. The summed E-state index contributed by atoms with van der Waals surface area (Å²) in [6, 6.07) is 0. The molecule has 1 aromatic heterocycles. The first kappa shape index (κ1) is 7.16. The number of nitrogens with zero attached hydrogens (tertiary/aromatic N) is 3. The SMILES string of the molecule is CCc1nnc2n1CCSC2. The summed E-state index contributed by atoms with van der Waals surface area (Å²) in [5, 5.41) is 8.24. The lowest BCUT2D eigenvalue weighted by atomic mass is 10.4. The Bertz CT molecular complexity index is 243. The molecule has 0 saturated heterocycles. The number of rotatable bonds is 1. The van der Waals surface area contributed by atoms with E-state index in [9.17, 15) is 0 Å². The van der Waals surface area contributed by atoms with E-state index in [0.29, 0.717) is 0 Å². The van der Waals surface area contributed by atoms with Crippen molar-refractivity contribution in [2.45, 2.75) is 25.6 Å².